The summed E-state index contributed by atoms with van der Waals surface area (Å²) in [4.78, 5) is 14.3. The van der Waals surface area contributed by atoms with Gasteiger partial charge in [-0.15, -0.1) is 4.40 Å². The maximum atomic E-state index is 12.9. The molecule has 0 N–H and O–H groups in total. The van der Waals surface area contributed by atoms with Crippen molar-refractivity contribution in [2.75, 3.05) is 24.7 Å². The third kappa shape index (κ3) is 4.67. The Hall–Kier alpha value is -2.65. The SMILES string of the molecule is O=C(OCCOc1ccc(F)cc1)c1cc2c(cc1Cl)N1CCCCCC1=NS2(=O)=O. The van der Waals surface area contributed by atoms with Crippen LogP contribution in [0.4, 0.5) is 10.1 Å². The van der Waals surface area contributed by atoms with E-state index < -0.39 is 16.0 Å². The molecule has 2 heterocycles. The van der Waals surface area contributed by atoms with Gasteiger partial charge in [-0.1, -0.05) is 18.0 Å². The first kappa shape index (κ1) is 21.6. The van der Waals surface area contributed by atoms with Gasteiger partial charge in [0, 0.05) is 13.0 Å². The van der Waals surface area contributed by atoms with Gasteiger partial charge >= 0.3 is 5.97 Å². The summed E-state index contributed by atoms with van der Waals surface area (Å²) in [7, 11) is -3.94. The molecular weight excluding hydrogens is 447 g/mol. The lowest BCUT2D eigenvalue weighted by Crippen LogP contribution is -2.35. The molecule has 0 spiro atoms. The molecule has 0 aromatic heterocycles. The van der Waals surface area contributed by atoms with Crippen LogP contribution in [0.2, 0.25) is 5.02 Å². The Balaban J connectivity index is 1.49. The molecule has 4 rings (SSSR count). The van der Waals surface area contributed by atoms with Crippen molar-refractivity contribution in [1.29, 1.82) is 0 Å². The number of sulfonamides is 1. The zero-order valence-corrected chi connectivity index (χ0v) is 18.1. The summed E-state index contributed by atoms with van der Waals surface area (Å²) < 4.78 is 52.8. The quantitative estimate of drug-likeness (QED) is 0.485. The molecule has 1 saturated heterocycles. The second-order valence-electron chi connectivity index (χ2n) is 7.18. The number of benzene rings is 2. The Morgan fingerprint density at radius 2 is 1.90 bits per heavy atom. The van der Waals surface area contributed by atoms with Crippen LogP contribution < -0.4 is 9.64 Å². The van der Waals surface area contributed by atoms with Crippen molar-refractivity contribution in [3.8, 4) is 5.75 Å². The van der Waals surface area contributed by atoms with E-state index in [2.05, 4.69) is 4.40 Å². The van der Waals surface area contributed by atoms with Crippen molar-refractivity contribution in [3.05, 3.63) is 52.8 Å². The number of rotatable bonds is 5. The van der Waals surface area contributed by atoms with Gasteiger partial charge in [0.1, 0.15) is 35.5 Å². The Morgan fingerprint density at radius 3 is 2.68 bits per heavy atom. The second-order valence-corrected chi connectivity index (χ2v) is 9.16. The van der Waals surface area contributed by atoms with Crippen molar-refractivity contribution in [3.63, 3.8) is 0 Å². The topological polar surface area (TPSA) is 85.3 Å². The van der Waals surface area contributed by atoms with E-state index in [1.165, 1.54) is 36.4 Å². The number of halogens is 2. The summed E-state index contributed by atoms with van der Waals surface area (Å²) in [5, 5.41) is 0.101. The maximum Gasteiger partial charge on any atom is 0.339 e. The average Bonchev–Trinajstić information content (AvgIpc) is 2.97. The van der Waals surface area contributed by atoms with Crippen LogP contribution in [0.25, 0.3) is 0 Å². The van der Waals surface area contributed by atoms with Crippen molar-refractivity contribution in [2.45, 2.75) is 30.6 Å². The molecule has 2 aromatic carbocycles. The van der Waals surface area contributed by atoms with Crippen LogP contribution in [-0.4, -0.2) is 40.0 Å². The van der Waals surface area contributed by atoms with E-state index in [1.54, 1.807) is 0 Å². The third-order valence-corrected chi connectivity index (χ3v) is 6.70. The third-order valence-electron chi connectivity index (χ3n) is 5.06. The highest BCUT2D eigenvalue weighted by atomic mass is 35.5. The summed E-state index contributed by atoms with van der Waals surface area (Å²) in [6.45, 7) is 0.590. The van der Waals surface area contributed by atoms with E-state index in [0.717, 1.165) is 19.3 Å². The van der Waals surface area contributed by atoms with E-state index in [-0.39, 0.29) is 34.5 Å². The maximum absolute atomic E-state index is 12.9. The molecule has 0 amide bonds. The summed E-state index contributed by atoms with van der Waals surface area (Å²) in [5.74, 6) is -0.209. The summed E-state index contributed by atoms with van der Waals surface area (Å²) in [6.07, 6.45) is 3.35. The van der Waals surface area contributed by atoms with Crippen molar-refractivity contribution >= 4 is 39.1 Å². The number of carbonyl (C=O) groups is 1. The molecule has 0 unspecified atom stereocenters. The van der Waals surface area contributed by atoms with E-state index in [0.29, 0.717) is 30.2 Å². The number of hydrogen-bond donors (Lipinski definition) is 0. The molecule has 2 aliphatic rings. The number of esters is 1. The predicted octanol–water partition coefficient (Wildman–Crippen LogP) is 4.20. The van der Waals surface area contributed by atoms with Gasteiger partial charge in [0.15, 0.2) is 0 Å². The number of nitrogens with zero attached hydrogens (tertiary/aromatic N) is 2. The van der Waals surface area contributed by atoms with E-state index in [1.807, 2.05) is 4.90 Å². The van der Waals surface area contributed by atoms with Crippen molar-refractivity contribution < 1.29 is 27.1 Å². The van der Waals surface area contributed by atoms with Gasteiger partial charge in [-0.25, -0.2) is 9.18 Å². The molecule has 0 saturated carbocycles. The molecule has 0 bridgehead atoms. The van der Waals surface area contributed by atoms with Crippen LogP contribution in [0.1, 0.15) is 36.0 Å². The second kappa shape index (κ2) is 8.84. The van der Waals surface area contributed by atoms with Gasteiger partial charge in [-0.05, 0) is 49.2 Å². The van der Waals surface area contributed by atoms with Crippen LogP contribution in [0, 0.1) is 5.82 Å². The molecule has 7 nitrogen and oxygen atoms in total. The fourth-order valence-corrected chi connectivity index (χ4v) is 5.06. The molecule has 31 heavy (non-hydrogen) atoms. The number of hydrogen-bond acceptors (Lipinski definition) is 6. The Kier molecular flexibility index (Phi) is 6.15. The zero-order valence-electron chi connectivity index (χ0n) is 16.5. The van der Waals surface area contributed by atoms with Crippen LogP contribution in [0.5, 0.6) is 5.75 Å². The molecule has 0 radical (unpaired) electrons. The molecule has 10 heteroatoms. The first-order valence-corrected chi connectivity index (χ1v) is 11.7. The van der Waals surface area contributed by atoms with Crippen LogP contribution >= 0.6 is 11.6 Å². The minimum Gasteiger partial charge on any atom is -0.490 e. The Bertz CT molecular complexity index is 1140. The molecule has 0 atom stereocenters. The van der Waals surface area contributed by atoms with E-state index in [9.17, 15) is 17.6 Å². The van der Waals surface area contributed by atoms with Crippen molar-refractivity contribution in [1.82, 2.24) is 0 Å². The number of amidine groups is 1. The van der Waals surface area contributed by atoms with Crippen LogP contribution in [-0.2, 0) is 14.8 Å². The number of ether oxygens (including phenoxy) is 2. The zero-order chi connectivity index (χ0) is 22.0. The highest BCUT2D eigenvalue weighted by Gasteiger charge is 2.33. The first-order valence-electron chi connectivity index (χ1n) is 9.85. The Labute approximate surface area is 184 Å². The summed E-state index contributed by atoms with van der Waals surface area (Å²) >= 11 is 6.32. The van der Waals surface area contributed by atoms with E-state index >= 15 is 0 Å². The minimum atomic E-state index is -3.94. The predicted molar refractivity (Wildman–Crippen MR) is 114 cm³/mol. The van der Waals surface area contributed by atoms with Crippen LogP contribution in [0.15, 0.2) is 45.7 Å². The first-order chi connectivity index (χ1) is 14.8. The fraction of sp³-hybridized carbons (Fsp3) is 0.333. The average molecular weight is 467 g/mol. The number of carbonyl (C=O) groups excluding carboxylic acids is 1. The lowest BCUT2D eigenvalue weighted by molar-refractivity contribution is 0.0450. The van der Waals surface area contributed by atoms with Gasteiger partial charge in [-0.2, -0.15) is 8.42 Å². The normalized spacial score (nSPS) is 17.1. The lowest BCUT2D eigenvalue weighted by Gasteiger charge is -2.30. The summed E-state index contributed by atoms with van der Waals surface area (Å²) in [5.41, 5.74) is 0.382. The van der Waals surface area contributed by atoms with Gasteiger partial charge < -0.3 is 14.4 Å². The van der Waals surface area contributed by atoms with Gasteiger partial charge in [0.25, 0.3) is 10.0 Å². The molecule has 2 aliphatic heterocycles. The van der Waals surface area contributed by atoms with Gasteiger partial charge in [0.2, 0.25) is 0 Å². The number of fused-ring (bicyclic) bond motifs is 3. The monoisotopic (exact) mass is 466 g/mol. The minimum absolute atomic E-state index is 0.0413. The number of anilines is 1. The Morgan fingerprint density at radius 1 is 1.13 bits per heavy atom. The standard InChI is InChI=1S/C21H20ClFN2O5S/c22-17-13-18-19(31(27,28)24-20-4-2-1-3-9-25(18)20)12-16(17)21(26)30-11-10-29-15-7-5-14(23)6-8-15/h5-8,12-13H,1-4,9-11H2. The van der Waals surface area contributed by atoms with Crippen LogP contribution in [0.3, 0.4) is 0 Å². The molecule has 0 aliphatic carbocycles. The highest BCUT2D eigenvalue weighted by Crippen LogP contribution is 2.38. The summed E-state index contributed by atoms with van der Waals surface area (Å²) in [6, 6.07) is 8.14. The molecule has 2 aromatic rings. The lowest BCUT2D eigenvalue weighted by atomic mass is 10.1. The fourth-order valence-electron chi connectivity index (χ4n) is 3.56. The van der Waals surface area contributed by atoms with Gasteiger partial charge in [-0.3, -0.25) is 0 Å². The molecular formula is C21H20ClFN2O5S. The van der Waals surface area contributed by atoms with E-state index in [4.69, 9.17) is 21.1 Å². The molecule has 1 fully saturated rings. The highest BCUT2D eigenvalue weighted by molar-refractivity contribution is 7.90. The van der Waals surface area contributed by atoms with Crippen molar-refractivity contribution in [2.24, 2.45) is 4.40 Å². The molecule has 164 valence electrons. The van der Waals surface area contributed by atoms with Gasteiger partial charge in [0.05, 0.1) is 16.3 Å². The smallest absolute Gasteiger partial charge is 0.339 e. The largest absolute Gasteiger partial charge is 0.490 e.